The first-order chi connectivity index (χ1) is 10.2. The van der Waals surface area contributed by atoms with Crippen LogP contribution < -0.4 is 5.73 Å². The van der Waals surface area contributed by atoms with E-state index in [0.717, 1.165) is 16.7 Å². The summed E-state index contributed by atoms with van der Waals surface area (Å²) in [7, 11) is 0. The van der Waals surface area contributed by atoms with Crippen LogP contribution in [0.2, 0.25) is 5.02 Å². The van der Waals surface area contributed by atoms with Crippen molar-refractivity contribution in [3.8, 4) is 11.1 Å². The zero-order valence-electron chi connectivity index (χ0n) is 11.2. The van der Waals surface area contributed by atoms with Gasteiger partial charge >= 0.3 is 0 Å². The maximum Gasteiger partial charge on any atom is 0.191 e. The first kappa shape index (κ1) is 13.7. The molecule has 0 bridgehead atoms. The minimum Gasteiger partial charge on any atom is -0.321 e. The topological polar surface area (TPSA) is 80.5 Å². The van der Waals surface area contributed by atoms with E-state index in [1.807, 2.05) is 36.4 Å². The largest absolute Gasteiger partial charge is 0.321 e. The van der Waals surface area contributed by atoms with Crippen molar-refractivity contribution in [2.45, 2.75) is 12.5 Å². The van der Waals surface area contributed by atoms with Crippen LogP contribution in [-0.4, -0.2) is 20.6 Å². The van der Waals surface area contributed by atoms with Gasteiger partial charge in [0.2, 0.25) is 0 Å². The number of aromatic nitrogens is 4. The monoisotopic (exact) mass is 299 g/mol. The molecule has 0 saturated carbocycles. The van der Waals surface area contributed by atoms with Crippen LogP contribution >= 0.6 is 11.6 Å². The maximum atomic E-state index is 6.36. The number of halogens is 1. The quantitative estimate of drug-likeness (QED) is 0.776. The zero-order valence-corrected chi connectivity index (χ0v) is 12.0. The van der Waals surface area contributed by atoms with Gasteiger partial charge in [-0.2, -0.15) is 5.21 Å². The highest BCUT2D eigenvalue weighted by molar-refractivity contribution is 6.31. The maximum absolute atomic E-state index is 6.36. The van der Waals surface area contributed by atoms with E-state index in [1.54, 1.807) is 0 Å². The molecule has 2 aromatic carbocycles. The van der Waals surface area contributed by atoms with Crippen LogP contribution in [-0.2, 0) is 6.42 Å². The predicted molar refractivity (Wildman–Crippen MR) is 81.7 cm³/mol. The Hall–Kier alpha value is -2.24. The highest BCUT2D eigenvalue weighted by Crippen LogP contribution is 2.27. The Morgan fingerprint density at radius 2 is 1.90 bits per heavy atom. The highest BCUT2D eigenvalue weighted by Gasteiger charge is 2.14. The average molecular weight is 300 g/mol. The standard InChI is InChI=1S/C15H14ClN5/c16-13-8-11(10-4-2-1-3-5-10)6-7-12(13)9-14(17)15-18-20-21-19-15/h1-8,14H,9,17H2,(H,18,19,20,21). The number of aromatic amines is 1. The minimum absolute atomic E-state index is 0.330. The molecule has 1 atom stereocenters. The van der Waals surface area contributed by atoms with Gasteiger partial charge in [-0.1, -0.05) is 59.3 Å². The molecule has 3 aromatic rings. The van der Waals surface area contributed by atoms with Crippen LogP contribution in [0.5, 0.6) is 0 Å². The second-order valence-corrected chi connectivity index (χ2v) is 5.16. The van der Waals surface area contributed by atoms with Gasteiger partial charge in [-0.25, -0.2) is 0 Å². The van der Waals surface area contributed by atoms with Gasteiger partial charge < -0.3 is 5.73 Å². The molecule has 0 fully saturated rings. The summed E-state index contributed by atoms with van der Waals surface area (Å²) in [5.41, 5.74) is 9.23. The van der Waals surface area contributed by atoms with Crippen molar-refractivity contribution < 1.29 is 0 Å². The molecule has 106 valence electrons. The molecule has 1 heterocycles. The third kappa shape index (κ3) is 3.09. The summed E-state index contributed by atoms with van der Waals surface area (Å²) in [6.07, 6.45) is 0.563. The highest BCUT2D eigenvalue weighted by atomic mass is 35.5. The molecule has 0 saturated heterocycles. The van der Waals surface area contributed by atoms with Crippen molar-refractivity contribution in [2.24, 2.45) is 5.73 Å². The lowest BCUT2D eigenvalue weighted by molar-refractivity contribution is 0.669. The van der Waals surface area contributed by atoms with E-state index in [1.165, 1.54) is 0 Å². The van der Waals surface area contributed by atoms with Crippen LogP contribution in [0, 0.1) is 0 Å². The molecule has 1 unspecified atom stereocenters. The van der Waals surface area contributed by atoms with Crippen molar-refractivity contribution in [3.05, 3.63) is 64.9 Å². The second-order valence-electron chi connectivity index (χ2n) is 4.75. The Balaban J connectivity index is 1.82. The Labute approximate surface area is 127 Å². The van der Waals surface area contributed by atoms with Crippen LogP contribution in [0.15, 0.2) is 48.5 Å². The van der Waals surface area contributed by atoms with Crippen LogP contribution in [0.1, 0.15) is 17.4 Å². The van der Waals surface area contributed by atoms with E-state index in [0.29, 0.717) is 17.3 Å². The number of tetrazole rings is 1. The van der Waals surface area contributed by atoms with Crippen LogP contribution in [0.4, 0.5) is 0 Å². The van der Waals surface area contributed by atoms with E-state index in [2.05, 4.69) is 32.8 Å². The van der Waals surface area contributed by atoms with E-state index >= 15 is 0 Å². The van der Waals surface area contributed by atoms with E-state index in [9.17, 15) is 0 Å². The van der Waals surface area contributed by atoms with E-state index in [4.69, 9.17) is 17.3 Å². The number of nitrogens with zero attached hydrogens (tertiary/aromatic N) is 3. The van der Waals surface area contributed by atoms with Gasteiger partial charge in [0, 0.05) is 5.02 Å². The molecule has 21 heavy (non-hydrogen) atoms. The average Bonchev–Trinajstić information content (AvgIpc) is 3.04. The van der Waals surface area contributed by atoms with Crippen LogP contribution in [0.3, 0.4) is 0 Å². The lowest BCUT2D eigenvalue weighted by atomic mass is 10.0. The molecule has 0 radical (unpaired) electrons. The van der Waals surface area contributed by atoms with Crippen molar-refractivity contribution in [2.75, 3.05) is 0 Å². The normalized spacial score (nSPS) is 12.3. The number of nitrogens with two attached hydrogens (primary N) is 1. The summed E-state index contributed by atoms with van der Waals surface area (Å²) < 4.78 is 0. The fraction of sp³-hybridized carbons (Fsp3) is 0.133. The summed E-state index contributed by atoms with van der Waals surface area (Å²) >= 11 is 6.36. The molecule has 3 N–H and O–H groups in total. The summed E-state index contributed by atoms with van der Waals surface area (Å²) in [4.78, 5) is 0. The number of hydrogen-bond donors (Lipinski definition) is 2. The summed E-state index contributed by atoms with van der Waals surface area (Å²) in [6, 6.07) is 15.8. The summed E-state index contributed by atoms with van der Waals surface area (Å²) in [5.74, 6) is 0.484. The molecular formula is C15H14ClN5. The van der Waals surface area contributed by atoms with Crippen LogP contribution in [0.25, 0.3) is 11.1 Å². The first-order valence-electron chi connectivity index (χ1n) is 6.57. The molecule has 1 aromatic heterocycles. The molecule has 0 aliphatic rings. The molecular weight excluding hydrogens is 286 g/mol. The molecule has 0 aliphatic heterocycles. The summed E-state index contributed by atoms with van der Waals surface area (Å²) in [6.45, 7) is 0. The Morgan fingerprint density at radius 1 is 1.10 bits per heavy atom. The van der Waals surface area contributed by atoms with Gasteiger partial charge in [0.1, 0.15) is 0 Å². The first-order valence-corrected chi connectivity index (χ1v) is 6.94. The second kappa shape index (κ2) is 6.03. The number of hydrogen-bond acceptors (Lipinski definition) is 4. The fourth-order valence-electron chi connectivity index (χ4n) is 2.18. The number of rotatable bonds is 4. The van der Waals surface area contributed by atoms with Gasteiger partial charge in [0.15, 0.2) is 5.82 Å². The summed E-state index contributed by atoms with van der Waals surface area (Å²) in [5, 5.41) is 14.4. The minimum atomic E-state index is -0.330. The lowest BCUT2D eigenvalue weighted by Crippen LogP contribution is -2.15. The lowest BCUT2D eigenvalue weighted by Gasteiger charge is -2.10. The van der Waals surface area contributed by atoms with E-state index < -0.39 is 0 Å². The molecule has 5 nitrogen and oxygen atoms in total. The van der Waals surface area contributed by atoms with Gasteiger partial charge in [0.25, 0.3) is 0 Å². The third-order valence-corrected chi connectivity index (χ3v) is 3.65. The number of H-pyrrole nitrogens is 1. The van der Waals surface area contributed by atoms with Crippen molar-refractivity contribution in [1.29, 1.82) is 0 Å². The van der Waals surface area contributed by atoms with Gasteiger partial charge in [-0.15, -0.1) is 10.2 Å². The van der Waals surface area contributed by atoms with Crippen molar-refractivity contribution in [3.63, 3.8) is 0 Å². The van der Waals surface area contributed by atoms with Crippen molar-refractivity contribution in [1.82, 2.24) is 20.6 Å². The third-order valence-electron chi connectivity index (χ3n) is 3.29. The van der Waals surface area contributed by atoms with Crippen molar-refractivity contribution >= 4 is 11.6 Å². The smallest absolute Gasteiger partial charge is 0.191 e. The number of nitrogens with one attached hydrogen (secondary N) is 1. The Morgan fingerprint density at radius 3 is 2.57 bits per heavy atom. The SMILES string of the molecule is NC(Cc1ccc(-c2ccccc2)cc1Cl)c1nn[nH]n1. The van der Waals surface area contributed by atoms with Gasteiger partial charge in [0.05, 0.1) is 6.04 Å². The number of benzene rings is 2. The fourth-order valence-corrected chi connectivity index (χ4v) is 2.44. The van der Waals surface area contributed by atoms with Gasteiger partial charge in [-0.3, -0.25) is 0 Å². The van der Waals surface area contributed by atoms with Gasteiger partial charge in [-0.05, 0) is 29.2 Å². The Kier molecular flexibility index (Phi) is 3.94. The molecule has 0 spiro atoms. The predicted octanol–water partition coefficient (Wildman–Crippen LogP) is 2.76. The Bertz CT molecular complexity index is 712. The zero-order chi connectivity index (χ0) is 14.7. The molecule has 0 amide bonds. The van der Waals surface area contributed by atoms with E-state index in [-0.39, 0.29) is 6.04 Å². The molecule has 3 rings (SSSR count). The molecule has 0 aliphatic carbocycles. The molecule has 6 heteroatoms.